The highest BCUT2D eigenvalue weighted by Crippen LogP contribution is 2.32. The molecular formula is C19H26FNO3S. The lowest BCUT2D eigenvalue weighted by Crippen LogP contribution is -2.10. The number of methoxy groups -OCH3 is 1. The first-order valence-electron chi connectivity index (χ1n) is 8.47. The van der Waals surface area contributed by atoms with Crippen molar-refractivity contribution in [2.24, 2.45) is 5.92 Å². The molecule has 6 heteroatoms. The van der Waals surface area contributed by atoms with Crippen LogP contribution in [0, 0.1) is 18.7 Å². The Hall–Kier alpha value is -1.50. The second-order valence-electron chi connectivity index (χ2n) is 6.20. The van der Waals surface area contributed by atoms with E-state index in [1.165, 1.54) is 10.9 Å². The number of benzene rings is 1. The third kappa shape index (κ3) is 6.06. The second-order valence-corrected chi connectivity index (χ2v) is 7.49. The number of hydrogen-bond acceptors (Lipinski definition) is 5. The molecule has 2 aromatic rings. The Morgan fingerprint density at radius 2 is 1.92 bits per heavy atom. The highest BCUT2D eigenvalue weighted by molar-refractivity contribution is 7.12. The molecular weight excluding hydrogens is 341 g/mol. The monoisotopic (exact) mass is 367 g/mol. The van der Waals surface area contributed by atoms with E-state index in [1.807, 2.05) is 13.0 Å². The minimum atomic E-state index is -0.379. The molecule has 0 aliphatic heterocycles. The molecule has 0 N–H and O–H groups in total. The molecule has 1 heterocycles. The molecule has 0 atom stereocenters. The standard InChI is InChI=1S/C19H26FNO3S/c1-13(2)11-18-19(21-14(3)25-18)15-5-6-17(16(20)12-15)24-10-9-23-8-7-22-4/h5-6,12-13H,7-11H2,1-4H3. The van der Waals surface area contributed by atoms with E-state index in [4.69, 9.17) is 14.2 Å². The molecule has 25 heavy (non-hydrogen) atoms. The number of ether oxygens (including phenoxy) is 3. The molecule has 0 aliphatic rings. The zero-order valence-corrected chi connectivity index (χ0v) is 16.1. The van der Waals surface area contributed by atoms with Crippen LogP contribution >= 0.6 is 11.3 Å². The van der Waals surface area contributed by atoms with Gasteiger partial charge in [0, 0.05) is 17.6 Å². The zero-order chi connectivity index (χ0) is 18.2. The van der Waals surface area contributed by atoms with Crippen LogP contribution in [0.25, 0.3) is 11.3 Å². The number of rotatable bonds is 10. The highest BCUT2D eigenvalue weighted by atomic mass is 32.1. The maximum Gasteiger partial charge on any atom is 0.165 e. The number of halogens is 1. The molecule has 2 rings (SSSR count). The predicted molar refractivity (Wildman–Crippen MR) is 99.0 cm³/mol. The Labute approximate surface area is 153 Å². The first kappa shape index (κ1) is 19.8. The van der Waals surface area contributed by atoms with Crippen LogP contribution < -0.4 is 4.74 Å². The molecule has 0 unspecified atom stereocenters. The van der Waals surface area contributed by atoms with Gasteiger partial charge in [-0.25, -0.2) is 9.37 Å². The molecule has 0 spiro atoms. The smallest absolute Gasteiger partial charge is 0.165 e. The van der Waals surface area contributed by atoms with E-state index in [0.717, 1.165) is 22.7 Å². The van der Waals surface area contributed by atoms with Gasteiger partial charge in [0.05, 0.1) is 30.5 Å². The summed E-state index contributed by atoms with van der Waals surface area (Å²) in [5.41, 5.74) is 1.67. The van der Waals surface area contributed by atoms with Crippen molar-refractivity contribution in [3.8, 4) is 17.0 Å². The summed E-state index contributed by atoms with van der Waals surface area (Å²) in [4.78, 5) is 5.79. The molecule has 0 radical (unpaired) electrons. The van der Waals surface area contributed by atoms with Gasteiger partial charge in [-0.1, -0.05) is 13.8 Å². The maximum atomic E-state index is 14.4. The highest BCUT2D eigenvalue weighted by Gasteiger charge is 2.15. The fourth-order valence-corrected chi connectivity index (χ4v) is 3.59. The van der Waals surface area contributed by atoms with E-state index in [0.29, 0.717) is 32.3 Å². The fourth-order valence-electron chi connectivity index (χ4n) is 2.42. The molecule has 1 aromatic carbocycles. The van der Waals surface area contributed by atoms with E-state index in [-0.39, 0.29) is 11.6 Å². The van der Waals surface area contributed by atoms with Gasteiger partial charge in [-0.2, -0.15) is 0 Å². The fraction of sp³-hybridized carbons (Fsp3) is 0.526. The van der Waals surface area contributed by atoms with Crippen LogP contribution in [0.4, 0.5) is 4.39 Å². The third-order valence-electron chi connectivity index (χ3n) is 3.52. The van der Waals surface area contributed by atoms with Crippen LogP contribution in [0.5, 0.6) is 5.75 Å². The van der Waals surface area contributed by atoms with E-state index < -0.39 is 0 Å². The number of thiazole rings is 1. The number of hydrogen-bond donors (Lipinski definition) is 0. The third-order valence-corrected chi connectivity index (χ3v) is 4.51. The number of aryl methyl sites for hydroxylation is 1. The van der Waals surface area contributed by atoms with E-state index >= 15 is 0 Å². The SMILES string of the molecule is COCCOCCOc1ccc(-c2nc(C)sc2CC(C)C)cc1F. The molecule has 1 aromatic heterocycles. The molecule has 0 bridgehead atoms. The van der Waals surface area contributed by atoms with Crippen molar-refractivity contribution in [2.45, 2.75) is 27.2 Å². The normalized spacial score (nSPS) is 11.3. The Morgan fingerprint density at radius 1 is 1.16 bits per heavy atom. The number of nitrogens with zero attached hydrogens (tertiary/aromatic N) is 1. The lowest BCUT2D eigenvalue weighted by Gasteiger charge is -2.10. The van der Waals surface area contributed by atoms with Gasteiger partial charge in [0.25, 0.3) is 0 Å². The Morgan fingerprint density at radius 3 is 2.60 bits per heavy atom. The van der Waals surface area contributed by atoms with E-state index in [9.17, 15) is 4.39 Å². The van der Waals surface area contributed by atoms with Gasteiger partial charge in [0.15, 0.2) is 11.6 Å². The Balaban J connectivity index is 2.02. The zero-order valence-electron chi connectivity index (χ0n) is 15.3. The van der Waals surface area contributed by atoms with Crippen molar-refractivity contribution in [1.82, 2.24) is 4.98 Å². The van der Waals surface area contributed by atoms with Gasteiger partial charge in [-0.05, 0) is 37.5 Å². The van der Waals surface area contributed by atoms with Crippen LogP contribution in [0.15, 0.2) is 18.2 Å². The topological polar surface area (TPSA) is 40.6 Å². The average Bonchev–Trinajstić information content (AvgIpc) is 2.91. The van der Waals surface area contributed by atoms with E-state index in [1.54, 1.807) is 24.5 Å². The lowest BCUT2D eigenvalue weighted by atomic mass is 10.0. The van der Waals surface area contributed by atoms with Gasteiger partial charge in [-0.15, -0.1) is 11.3 Å². The van der Waals surface area contributed by atoms with Crippen molar-refractivity contribution in [2.75, 3.05) is 33.5 Å². The minimum absolute atomic E-state index is 0.233. The molecule has 0 aliphatic carbocycles. The maximum absolute atomic E-state index is 14.4. The summed E-state index contributed by atoms with van der Waals surface area (Å²) >= 11 is 1.68. The second kappa shape index (κ2) is 9.85. The van der Waals surface area contributed by atoms with Crippen molar-refractivity contribution < 1.29 is 18.6 Å². The quantitative estimate of drug-likeness (QED) is 0.580. The summed E-state index contributed by atoms with van der Waals surface area (Å²) in [5, 5.41) is 1.000. The van der Waals surface area contributed by atoms with Gasteiger partial charge in [0.2, 0.25) is 0 Å². The Bertz CT molecular complexity index is 673. The lowest BCUT2D eigenvalue weighted by molar-refractivity contribution is 0.0538. The molecule has 138 valence electrons. The van der Waals surface area contributed by atoms with Crippen molar-refractivity contribution in [1.29, 1.82) is 0 Å². The van der Waals surface area contributed by atoms with Gasteiger partial charge in [0.1, 0.15) is 6.61 Å². The summed E-state index contributed by atoms with van der Waals surface area (Å²) in [6.07, 6.45) is 0.944. The minimum Gasteiger partial charge on any atom is -0.488 e. The predicted octanol–water partition coefficient (Wildman–Crippen LogP) is 4.50. The van der Waals surface area contributed by atoms with Crippen LogP contribution in [-0.4, -0.2) is 38.5 Å². The summed E-state index contributed by atoms with van der Waals surface area (Å²) in [5.74, 6) is 0.385. The first-order chi connectivity index (χ1) is 12.0. The van der Waals surface area contributed by atoms with Crippen molar-refractivity contribution in [3.63, 3.8) is 0 Å². The summed E-state index contributed by atoms with van der Waals surface area (Å²) in [7, 11) is 1.62. The largest absolute Gasteiger partial charge is 0.488 e. The molecule has 4 nitrogen and oxygen atoms in total. The Kier molecular flexibility index (Phi) is 7.81. The number of aromatic nitrogens is 1. The van der Waals surface area contributed by atoms with Crippen LogP contribution in [0.2, 0.25) is 0 Å². The summed E-state index contributed by atoms with van der Waals surface area (Å²) in [6, 6.07) is 5.02. The van der Waals surface area contributed by atoms with Crippen LogP contribution in [0.3, 0.4) is 0 Å². The van der Waals surface area contributed by atoms with Crippen molar-refractivity contribution in [3.05, 3.63) is 33.9 Å². The molecule has 0 amide bonds. The molecule has 0 saturated carbocycles. The molecule has 0 fully saturated rings. The van der Waals surface area contributed by atoms with Gasteiger partial charge < -0.3 is 14.2 Å². The van der Waals surface area contributed by atoms with Gasteiger partial charge in [-0.3, -0.25) is 0 Å². The van der Waals surface area contributed by atoms with Gasteiger partial charge >= 0.3 is 0 Å². The molecule has 0 saturated heterocycles. The van der Waals surface area contributed by atoms with Crippen molar-refractivity contribution >= 4 is 11.3 Å². The summed E-state index contributed by atoms with van der Waals surface area (Å²) < 4.78 is 30.0. The van der Waals surface area contributed by atoms with Crippen LogP contribution in [0.1, 0.15) is 23.7 Å². The van der Waals surface area contributed by atoms with Crippen LogP contribution in [-0.2, 0) is 15.9 Å². The average molecular weight is 367 g/mol. The summed E-state index contributed by atoms with van der Waals surface area (Å²) in [6.45, 7) is 8.06. The first-order valence-corrected chi connectivity index (χ1v) is 9.28. The van der Waals surface area contributed by atoms with E-state index in [2.05, 4.69) is 18.8 Å².